The van der Waals surface area contributed by atoms with E-state index in [1.807, 2.05) is 54.6 Å². The summed E-state index contributed by atoms with van der Waals surface area (Å²) in [7, 11) is 0. The van der Waals surface area contributed by atoms with Gasteiger partial charge in [-0.2, -0.15) is 0 Å². The first-order valence-corrected chi connectivity index (χ1v) is 10.2. The number of benzene rings is 3. The Morgan fingerprint density at radius 1 is 0.741 bits per heavy atom. The van der Waals surface area contributed by atoms with Crippen LogP contribution in [-0.4, -0.2) is 9.97 Å². The number of hydrogen-bond donors (Lipinski definition) is 1. The number of H-pyrrole nitrogens is 1. The fraction of sp³-hybridized carbons (Fsp3) is 0.0455. The van der Waals surface area contributed by atoms with Gasteiger partial charge >= 0.3 is 0 Å². The van der Waals surface area contributed by atoms with Gasteiger partial charge in [-0.3, -0.25) is 0 Å². The first-order valence-electron chi connectivity index (χ1n) is 8.49. The number of rotatable bonds is 5. The second-order valence-electron chi connectivity index (χ2n) is 5.99. The molecule has 0 saturated heterocycles. The minimum atomic E-state index is 0.647. The van der Waals surface area contributed by atoms with Crippen molar-refractivity contribution in [1.82, 2.24) is 9.97 Å². The summed E-state index contributed by atoms with van der Waals surface area (Å²) in [6, 6.07) is 26.0. The Labute approximate surface area is 172 Å². The van der Waals surface area contributed by atoms with Gasteiger partial charge in [0.2, 0.25) is 0 Å². The predicted molar refractivity (Wildman–Crippen MR) is 115 cm³/mol. The molecular weight excluding hydrogens is 395 g/mol. The third-order valence-corrected chi connectivity index (χ3v) is 5.81. The summed E-state index contributed by atoms with van der Waals surface area (Å²) < 4.78 is 0. The molecule has 4 aromatic rings. The smallest absolute Gasteiger partial charge is 0.166 e. The molecule has 0 aliphatic rings. The summed E-state index contributed by atoms with van der Waals surface area (Å²) in [6.07, 6.45) is 0. The van der Waals surface area contributed by atoms with E-state index in [4.69, 9.17) is 28.2 Å². The molecule has 0 aliphatic carbocycles. The molecule has 0 amide bonds. The van der Waals surface area contributed by atoms with Crippen LogP contribution >= 0.6 is 35.0 Å². The third-order valence-electron chi connectivity index (χ3n) is 4.21. The zero-order valence-electron chi connectivity index (χ0n) is 14.3. The molecule has 5 heteroatoms. The molecule has 0 radical (unpaired) electrons. The maximum absolute atomic E-state index is 6.30. The van der Waals surface area contributed by atoms with Crippen LogP contribution in [0.15, 0.2) is 84.0 Å². The van der Waals surface area contributed by atoms with E-state index in [0.717, 1.165) is 33.2 Å². The van der Waals surface area contributed by atoms with Crippen molar-refractivity contribution in [1.29, 1.82) is 0 Å². The topological polar surface area (TPSA) is 28.7 Å². The average molecular weight is 411 g/mol. The summed E-state index contributed by atoms with van der Waals surface area (Å²) in [5, 5.41) is 2.19. The van der Waals surface area contributed by atoms with Crippen molar-refractivity contribution in [2.75, 3.05) is 0 Å². The molecule has 0 saturated carbocycles. The Kier molecular flexibility index (Phi) is 5.53. The van der Waals surface area contributed by atoms with E-state index in [9.17, 15) is 0 Å². The molecule has 134 valence electrons. The van der Waals surface area contributed by atoms with Crippen LogP contribution in [0.1, 0.15) is 5.56 Å². The number of aromatic amines is 1. The normalized spacial score (nSPS) is 10.9. The molecule has 1 N–H and O–H groups in total. The Morgan fingerprint density at radius 3 is 1.96 bits per heavy atom. The van der Waals surface area contributed by atoms with Crippen LogP contribution < -0.4 is 0 Å². The number of thioether (sulfide) groups is 1. The second-order valence-corrected chi connectivity index (χ2v) is 7.76. The van der Waals surface area contributed by atoms with Gasteiger partial charge in [0.05, 0.1) is 11.4 Å². The van der Waals surface area contributed by atoms with E-state index >= 15 is 0 Å². The zero-order chi connectivity index (χ0) is 18.6. The number of aromatic nitrogens is 2. The van der Waals surface area contributed by atoms with Crippen molar-refractivity contribution in [3.8, 4) is 22.5 Å². The van der Waals surface area contributed by atoms with Gasteiger partial charge in [0, 0.05) is 26.9 Å². The van der Waals surface area contributed by atoms with Crippen LogP contribution in [0.5, 0.6) is 0 Å². The lowest BCUT2D eigenvalue weighted by Gasteiger charge is -2.04. The van der Waals surface area contributed by atoms with Crippen LogP contribution in [0.3, 0.4) is 0 Å². The number of nitrogens with zero attached hydrogens (tertiary/aromatic N) is 1. The summed E-state index contributed by atoms with van der Waals surface area (Å²) in [4.78, 5) is 8.32. The highest BCUT2D eigenvalue weighted by molar-refractivity contribution is 7.98. The van der Waals surface area contributed by atoms with Crippen LogP contribution in [0.2, 0.25) is 10.0 Å². The van der Waals surface area contributed by atoms with E-state index < -0.39 is 0 Å². The lowest BCUT2D eigenvalue weighted by atomic mass is 10.1. The zero-order valence-corrected chi connectivity index (χ0v) is 16.7. The van der Waals surface area contributed by atoms with Gasteiger partial charge in [-0.1, -0.05) is 102 Å². The maximum atomic E-state index is 6.30. The van der Waals surface area contributed by atoms with Crippen LogP contribution in [0.25, 0.3) is 22.5 Å². The average Bonchev–Trinajstić information content (AvgIpc) is 3.13. The van der Waals surface area contributed by atoms with Crippen LogP contribution in [0.4, 0.5) is 0 Å². The summed E-state index contributed by atoms with van der Waals surface area (Å²) >= 11 is 14.2. The Balaban J connectivity index is 1.69. The summed E-state index contributed by atoms with van der Waals surface area (Å²) in [6.45, 7) is 0. The molecule has 0 atom stereocenters. The summed E-state index contributed by atoms with van der Waals surface area (Å²) in [5.74, 6) is 0.647. The SMILES string of the molecule is Clc1cccc(Cl)c1CSc1nc(-c2ccccc2)c(-c2ccccc2)[nH]1. The van der Waals surface area contributed by atoms with Crippen LogP contribution in [-0.2, 0) is 5.75 Å². The lowest BCUT2D eigenvalue weighted by molar-refractivity contribution is 1.06. The molecule has 2 nitrogen and oxygen atoms in total. The molecule has 0 spiro atoms. The van der Waals surface area contributed by atoms with E-state index in [2.05, 4.69) is 29.2 Å². The third kappa shape index (κ3) is 4.06. The first kappa shape index (κ1) is 18.2. The number of imidazole rings is 1. The van der Waals surface area contributed by atoms with Gasteiger partial charge in [-0.15, -0.1) is 0 Å². The highest BCUT2D eigenvalue weighted by Crippen LogP contribution is 2.35. The van der Waals surface area contributed by atoms with Gasteiger partial charge in [0.25, 0.3) is 0 Å². The van der Waals surface area contributed by atoms with Crippen molar-refractivity contribution in [2.24, 2.45) is 0 Å². The standard InChI is InChI=1S/C22H16Cl2N2S/c23-18-12-7-13-19(24)17(18)14-27-22-25-20(15-8-3-1-4-9-15)21(26-22)16-10-5-2-6-11-16/h1-13H,14H2,(H,25,26). The molecule has 1 heterocycles. The number of halogens is 2. The second kappa shape index (κ2) is 8.22. The van der Waals surface area contributed by atoms with E-state index in [1.165, 1.54) is 0 Å². The van der Waals surface area contributed by atoms with Crippen molar-refractivity contribution in [2.45, 2.75) is 10.9 Å². The largest absolute Gasteiger partial charge is 0.332 e. The van der Waals surface area contributed by atoms with Gasteiger partial charge in [-0.05, 0) is 17.7 Å². The van der Waals surface area contributed by atoms with Gasteiger partial charge in [0.15, 0.2) is 5.16 Å². The number of nitrogens with one attached hydrogen (secondary N) is 1. The van der Waals surface area contributed by atoms with Gasteiger partial charge in [-0.25, -0.2) is 4.98 Å². The minimum Gasteiger partial charge on any atom is -0.332 e. The van der Waals surface area contributed by atoms with E-state index in [0.29, 0.717) is 15.8 Å². The van der Waals surface area contributed by atoms with Crippen molar-refractivity contribution < 1.29 is 0 Å². The van der Waals surface area contributed by atoms with Gasteiger partial charge < -0.3 is 4.98 Å². The van der Waals surface area contributed by atoms with Crippen molar-refractivity contribution in [3.05, 3.63) is 94.5 Å². The molecule has 27 heavy (non-hydrogen) atoms. The minimum absolute atomic E-state index is 0.647. The lowest BCUT2D eigenvalue weighted by Crippen LogP contribution is -1.85. The van der Waals surface area contributed by atoms with E-state index in [-0.39, 0.29) is 0 Å². The predicted octanol–water partition coefficient (Wildman–Crippen LogP) is 7.34. The molecule has 1 aromatic heterocycles. The Morgan fingerprint density at radius 2 is 1.33 bits per heavy atom. The highest BCUT2D eigenvalue weighted by Gasteiger charge is 2.15. The molecular formula is C22H16Cl2N2S. The molecule has 4 rings (SSSR count). The maximum Gasteiger partial charge on any atom is 0.166 e. The quantitative estimate of drug-likeness (QED) is 0.348. The number of hydrogen-bond acceptors (Lipinski definition) is 2. The molecule has 0 aliphatic heterocycles. The molecule has 3 aromatic carbocycles. The fourth-order valence-electron chi connectivity index (χ4n) is 2.85. The molecule has 0 unspecified atom stereocenters. The molecule has 0 bridgehead atoms. The van der Waals surface area contributed by atoms with E-state index in [1.54, 1.807) is 11.8 Å². The first-order chi connectivity index (χ1) is 13.2. The fourth-order valence-corrected chi connectivity index (χ4v) is 4.46. The van der Waals surface area contributed by atoms with Crippen LogP contribution in [0, 0.1) is 0 Å². The van der Waals surface area contributed by atoms with Gasteiger partial charge in [0.1, 0.15) is 0 Å². The Hall–Kier alpha value is -2.20. The van der Waals surface area contributed by atoms with Crippen molar-refractivity contribution in [3.63, 3.8) is 0 Å². The monoisotopic (exact) mass is 410 g/mol. The van der Waals surface area contributed by atoms with Crippen molar-refractivity contribution >= 4 is 35.0 Å². The summed E-state index contributed by atoms with van der Waals surface area (Å²) in [5.41, 5.74) is 5.05. The highest BCUT2D eigenvalue weighted by atomic mass is 35.5. The Bertz CT molecular complexity index is 969. The molecule has 0 fully saturated rings.